The van der Waals surface area contributed by atoms with E-state index in [4.69, 9.17) is 0 Å². The molecule has 1 aromatic heterocycles. The maximum absolute atomic E-state index is 4.40. The van der Waals surface area contributed by atoms with Crippen LogP contribution in [-0.4, -0.2) is 11.2 Å². The van der Waals surface area contributed by atoms with E-state index in [0.717, 1.165) is 27.5 Å². The number of anilines is 1. The first kappa shape index (κ1) is 18.5. The first-order valence-electron chi connectivity index (χ1n) is 8.94. The zero-order valence-corrected chi connectivity index (χ0v) is 17.2. The predicted molar refractivity (Wildman–Crippen MR) is 124 cm³/mol. The van der Waals surface area contributed by atoms with Gasteiger partial charge < -0.3 is 5.32 Å². The fourth-order valence-electron chi connectivity index (χ4n) is 3.11. The fourth-order valence-corrected chi connectivity index (χ4v) is 4.18. The van der Waals surface area contributed by atoms with Crippen molar-refractivity contribution in [3.63, 3.8) is 0 Å². The van der Waals surface area contributed by atoms with Crippen molar-refractivity contribution in [2.24, 2.45) is 0 Å². The highest BCUT2D eigenvalue weighted by molar-refractivity contribution is 7.98. The summed E-state index contributed by atoms with van der Waals surface area (Å²) in [7, 11) is 0. The Morgan fingerprint density at radius 3 is 2.54 bits per heavy atom. The van der Waals surface area contributed by atoms with Gasteiger partial charge in [-0.05, 0) is 41.6 Å². The van der Waals surface area contributed by atoms with Gasteiger partial charge in [-0.2, -0.15) is 0 Å². The molecule has 138 valence electrons. The van der Waals surface area contributed by atoms with E-state index in [1.807, 2.05) is 23.7 Å². The minimum Gasteiger partial charge on any atom is -0.355 e. The van der Waals surface area contributed by atoms with Crippen LogP contribution < -0.4 is 5.32 Å². The number of aromatic nitrogens is 1. The number of nitrogens with one attached hydrogen (secondary N) is 1. The van der Waals surface area contributed by atoms with Crippen molar-refractivity contribution >= 4 is 34.5 Å². The summed E-state index contributed by atoms with van der Waals surface area (Å²) in [6, 6.07) is 25.3. The molecule has 0 aliphatic carbocycles. The number of hydrogen-bond acceptors (Lipinski definition) is 4. The average Bonchev–Trinajstić information content (AvgIpc) is 3.29. The van der Waals surface area contributed by atoms with E-state index in [0.29, 0.717) is 0 Å². The summed E-state index contributed by atoms with van der Waals surface area (Å²) >= 11 is 3.39. The number of rotatable bonds is 6. The number of nitrogens with zero attached hydrogens (tertiary/aromatic N) is 1. The summed E-state index contributed by atoms with van der Waals surface area (Å²) in [5, 5.41) is 6.49. The van der Waals surface area contributed by atoms with Crippen LogP contribution in [0.5, 0.6) is 0 Å². The van der Waals surface area contributed by atoms with Crippen molar-refractivity contribution in [1.82, 2.24) is 4.98 Å². The first-order valence-corrected chi connectivity index (χ1v) is 11.0. The second-order valence-corrected chi connectivity index (χ2v) is 8.07. The van der Waals surface area contributed by atoms with Gasteiger partial charge in [-0.3, -0.25) is 0 Å². The zero-order chi connectivity index (χ0) is 19.3. The minimum atomic E-state index is 0.878. The monoisotopic (exact) mass is 400 g/mol. The molecule has 0 unspecified atom stereocenters. The normalized spacial score (nSPS) is 10.6. The van der Waals surface area contributed by atoms with E-state index in [9.17, 15) is 0 Å². The van der Waals surface area contributed by atoms with Crippen molar-refractivity contribution < 1.29 is 0 Å². The third-order valence-corrected chi connectivity index (χ3v) is 6.02. The summed E-state index contributed by atoms with van der Waals surface area (Å²) in [6.45, 7) is 4.32. The topological polar surface area (TPSA) is 24.9 Å². The lowest BCUT2D eigenvalue weighted by molar-refractivity contribution is 1.41. The molecule has 0 atom stereocenters. The lowest BCUT2D eigenvalue weighted by Crippen LogP contribution is -2.00. The Kier molecular flexibility index (Phi) is 5.60. The van der Waals surface area contributed by atoms with Gasteiger partial charge in [0.25, 0.3) is 0 Å². The van der Waals surface area contributed by atoms with E-state index in [2.05, 4.69) is 83.8 Å². The maximum atomic E-state index is 4.40. The van der Waals surface area contributed by atoms with Crippen LogP contribution in [-0.2, 0) is 0 Å². The van der Waals surface area contributed by atoms with Crippen molar-refractivity contribution in [2.45, 2.75) is 4.90 Å². The van der Waals surface area contributed by atoms with E-state index in [-0.39, 0.29) is 0 Å². The van der Waals surface area contributed by atoms with Crippen molar-refractivity contribution in [1.29, 1.82) is 0 Å². The molecule has 3 aromatic carbocycles. The molecule has 1 N–H and O–H groups in total. The Labute approximate surface area is 174 Å². The van der Waals surface area contributed by atoms with Gasteiger partial charge in [0.1, 0.15) is 5.01 Å². The van der Waals surface area contributed by atoms with Gasteiger partial charge in [0.05, 0.1) is 0 Å². The number of hydrogen-bond donors (Lipinski definition) is 1. The Hall–Kier alpha value is -2.82. The molecule has 0 radical (unpaired) electrons. The molecule has 1 heterocycles. The number of thiazole rings is 1. The summed E-state index contributed by atoms with van der Waals surface area (Å²) in [5.74, 6) is 0. The van der Waals surface area contributed by atoms with Crippen LogP contribution >= 0.6 is 23.1 Å². The largest absolute Gasteiger partial charge is 0.355 e. The average molecular weight is 401 g/mol. The number of benzene rings is 3. The van der Waals surface area contributed by atoms with Gasteiger partial charge in [-0.1, -0.05) is 55.1 Å². The van der Waals surface area contributed by atoms with Crippen molar-refractivity contribution in [3.05, 3.63) is 96.5 Å². The molecule has 4 rings (SSSR count). The van der Waals surface area contributed by atoms with E-state index in [1.54, 1.807) is 23.1 Å². The number of thioether (sulfide) groups is 1. The maximum Gasteiger partial charge on any atom is 0.123 e. The van der Waals surface area contributed by atoms with Crippen LogP contribution in [0.15, 0.2) is 95.8 Å². The highest BCUT2D eigenvalue weighted by atomic mass is 32.2. The van der Waals surface area contributed by atoms with Gasteiger partial charge in [-0.25, -0.2) is 4.98 Å². The first-order chi connectivity index (χ1) is 13.7. The van der Waals surface area contributed by atoms with Gasteiger partial charge >= 0.3 is 0 Å². The molecule has 4 heteroatoms. The van der Waals surface area contributed by atoms with Crippen LogP contribution in [0.4, 0.5) is 5.69 Å². The van der Waals surface area contributed by atoms with Crippen LogP contribution in [0.3, 0.4) is 0 Å². The molecular formula is C24H20N2S2. The van der Waals surface area contributed by atoms with Gasteiger partial charge in [0.2, 0.25) is 0 Å². The predicted octanol–water partition coefficient (Wildman–Crippen LogP) is 7.28. The quantitative estimate of drug-likeness (QED) is 0.344. The summed E-state index contributed by atoms with van der Waals surface area (Å²) < 4.78 is 0. The summed E-state index contributed by atoms with van der Waals surface area (Å²) in [6.07, 6.45) is 3.93. The molecule has 0 saturated carbocycles. The van der Waals surface area contributed by atoms with Crippen LogP contribution in [0.1, 0.15) is 5.56 Å². The second-order valence-electron chi connectivity index (χ2n) is 6.30. The third-order valence-electron chi connectivity index (χ3n) is 4.47. The van der Waals surface area contributed by atoms with E-state index >= 15 is 0 Å². The highest BCUT2D eigenvalue weighted by Gasteiger charge is 2.10. The second kappa shape index (κ2) is 8.46. The Morgan fingerprint density at radius 1 is 0.964 bits per heavy atom. The molecule has 0 fully saturated rings. The van der Waals surface area contributed by atoms with E-state index in [1.165, 1.54) is 16.0 Å². The van der Waals surface area contributed by atoms with E-state index < -0.39 is 0 Å². The van der Waals surface area contributed by atoms with Gasteiger partial charge in [0.15, 0.2) is 0 Å². The standard InChI is InChI=1S/C24H20N2S2/c1-17(26-20-10-6-9-19(15-20)24-25-13-14-28-24)22-12-11-21(27-2)16-23(22)18-7-4-3-5-8-18/h3-16,26H,1H2,2H3. The lowest BCUT2D eigenvalue weighted by atomic mass is 9.98. The lowest BCUT2D eigenvalue weighted by Gasteiger charge is -2.16. The molecule has 28 heavy (non-hydrogen) atoms. The minimum absolute atomic E-state index is 0.878. The summed E-state index contributed by atoms with van der Waals surface area (Å²) in [4.78, 5) is 5.64. The molecule has 2 nitrogen and oxygen atoms in total. The molecule has 0 aliphatic rings. The van der Waals surface area contributed by atoms with Gasteiger partial charge in [-0.15, -0.1) is 23.1 Å². The summed E-state index contributed by atoms with van der Waals surface area (Å²) in [5.41, 5.74) is 6.46. The Balaban J connectivity index is 1.66. The molecule has 0 amide bonds. The molecule has 0 bridgehead atoms. The van der Waals surface area contributed by atoms with Crippen LogP contribution in [0, 0.1) is 0 Å². The van der Waals surface area contributed by atoms with Crippen LogP contribution in [0.25, 0.3) is 27.4 Å². The fraction of sp³-hybridized carbons (Fsp3) is 0.0417. The van der Waals surface area contributed by atoms with Gasteiger partial charge in [0, 0.05) is 39.0 Å². The zero-order valence-electron chi connectivity index (χ0n) is 15.6. The SMILES string of the molecule is C=C(Nc1cccc(-c2nccs2)c1)c1ccc(SC)cc1-c1ccccc1. The molecular weight excluding hydrogens is 380 g/mol. The van der Waals surface area contributed by atoms with Crippen LogP contribution in [0.2, 0.25) is 0 Å². The molecule has 4 aromatic rings. The Morgan fingerprint density at radius 2 is 1.79 bits per heavy atom. The molecule has 0 spiro atoms. The molecule has 0 saturated heterocycles. The smallest absolute Gasteiger partial charge is 0.123 e. The van der Waals surface area contributed by atoms with Crippen molar-refractivity contribution in [2.75, 3.05) is 11.6 Å². The highest BCUT2D eigenvalue weighted by Crippen LogP contribution is 2.33. The van der Waals surface area contributed by atoms with Crippen molar-refractivity contribution in [3.8, 4) is 21.7 Å². The third kappa shape index (κ3) is 4.03. The molecule has 0 aliphatic heterocycles. The Bertz CT molecular complexity index is 1090.